The van der Waals surface area contributed by atoms with Gasteiger partial charge >= 0.3 is 5.97 Å². The molecule has 1 aliphatic heterocycles. The van der Waals surface area contributed by atoms with Crippen molar-refractivity contribution in [1.82, 2.24) is 9.88 Å². The molecule has 1 aromatic carbocycles. The maximum Gasteiger partial charge on any atom is 0.307 e. The molecular weight excluding hydrogens is 280 g/mol. The quantitative estimate of drug-likeness (QED) is 0.880. The first kappa shape index (κ1) is 14.6. The number of amides is 1. The van der Waals surface area contributed by atoms with Gasteiger partial charge in [0.05, 0.1) is 12.3 Å². The molecule has 0 spiro atoms. The molecule has 1 amide bonds. The van der Waals surface area contributed by atoms with E-state index >= 15 is 0 Å². The van der Waals surface area contributed by atoms with E-state index in [0.717, 1.165) is 5.52 Å². The molecule has 0 bridgehead atoms. The molecular formula is C17H20N2O3. The maximum absolute atomic E-state index is 12.2. The molecule has 22 heavy (non-hydrogen) atoms. The van der Waals surface area contributed by atoms with Crippen LogP contribution in [0.25, 0.3) is 10.9 Å². The predicted octanol–water partition coefficient (Wildman–Crippen LogP) is 2.10. The standard InChI is InChI=1S/C17H20N2O3/c1-17(2)13(11-15(20)22-17)16(21)18-8-10-19-9-7-12-5-3-4-6-14(12)19/h3-7,9,13H,8,10-11H2,1-2H3,(H,18,21)/t13-/m0/s1. The smallest absolute Gasteiger partial charge is 0.307 e. The fourth-order valence-corrected chi connectivity index (χ4v) is 2.99. The Balaban J connectivity index is 1.59. The molecule has 1 aromatic heterocycles. The van der Waals surface area contributed by atoms with Gasteiger partial charge in [-0.1, -0.05) is 18.2 Å². The molecule has 1 N–H and O–H groups in total. The van der Waals surface area contributed by atoms with E-state index in [2.05, 4.69) is 28.1 Å². The van der Waals surface area contributed by atoms with Crippen molar-refractivity contribution >= 4 is 22.8 Å². The van der Waals surface area contributed by atoms with E-state index in [1.54, 1.807) is 13.8 Å². The summed E-state index contributed by atoms with van der Waals surface area (Å²) in [6, 6.07) is 10.2. The Kier molecular flexibility index (Phi) is 3.64. The van der Waals surface area contributed by atoms with Gasteiger partial charge in [0.2, 0.25) is 5.91 Å². The highest BCUT2D eigenvalue weighted by atomic mass is 16.6. The molecule has 116 valence electrons. The molecule has 0 radical (unpaired) electrons. The first-order valence-electron chi connectivity index (χ1n) is 7.51. The molecule has 1 saturated heterocycles. The summed E-state index contributed by atoms with van der Waals surface area (Å²) >= 11 is 0. The number of carbonyl (C=O) groups is 2. The van der Waals surface area contributed by atoms with Crippen LogP contribution < -0.4 is 5.32 Å². The summed E-state index contributed by atoms with van der Waals surface area (Å²) in [6.07, 6.45) is 2.17. The first-order chi connectivity index (χ1) is 10.5. The van der Waals surface area contributed by atoms with E-state index in [1.807, 2.05) is 18.3 Å². The van der Waals surface area contributed by atoms with Crippen LogP contribution in [-0.2, 0) is 20.9 Å². The third-order valence-corrected chi connectivity index (χ3v) is 4.24. The van der Waals surface area contributed by atoms with Crippen molar-refractivity contribution in [2.24, 2.45) is 5.92 Å². The number of hydrogen-bond acceptors (Lipinski definition) is 3. The Morgan fingerprint density at radius 1 is 1.36 bits per heavy atom. The zero-order valence-corrected chi connectivity index (χ0v) is 12.8. The Bertz CT molecular complexity index is 718. The van der Waals surface area contributed by atoms with Crippen LogP contribution in [0.4, 0.5) is 0 Å². The molecule has 2 heterocycles. The van der Waals surface area contributed by atoms with Gasteiger partial charge in [-0.05, 0) is 31.4 Å². The van der Waals surface area contributed by atoms with Crippen molar-refractivity contribution < 1.29 is 14.3 Å². The van der Waals surface area contributed by atoms with Crippen LogP contribution in [0, 0.1) is 5.92 Å². The zero-order chi connectivity index (χ0) is 15.7. The molecule has 0 aliphatic carbocycles. The number of esters is 1. The Morgan fingerprint density at radius 3 is 2.86 bits per heavy atom. The number of benzene rings is 1. The summed E-state index contributed by atoms with van der Waals surface area (Å²) in [5, 5.41) is 4.10. The summed E-state index contributed by atoms with van der Waals surface area (Å²) in [5.74, 6) is -0.838. The molecule has 1 fully saturated rings. The van der Waals surface area contributed by atoms with E-state index in [1.165, 1.54) is 5.39 Å². The minimum absolute atomic E-state index is 0.118. The second-order valence-corrected chi connectivity index (χ2v) is 6.19. The minimum Gasteiger partial charge on any atom is -0.459 e. The molecule has 1 aliphatic rings. The van der Waals surface area contributed by atoms with Crippen molar-refractivity contribution in [1.29, 1.82) is 0 Å². The lowest BCUT2D eigenvalue weighted by Gasteiger charge is -2.23. The second kappa shape index (κ2) is 5.48. The van der Waals surface area contributed by atoms with Crippen LogP contribution in [0.3, 0.4) is 0 Å². The minimum atomic E-state index is -0.721. The number of cyclic esters (lactones) is 1. The zero-order valence-electron chi connectivity index (χ0n) is 12.8. The number of para-hydroxylation sites is 1. The third-order valence-electron chi connectivity index (χ3n) is 4.24. The number of hydrogen-bond donors (Lipinski definition) is 1. The highest BCUT2D eigenvalue weighted by molar-refractivity contribution is 5.87. The van der Waals surface area contributed by atoms with E-state index in [9.17, 15) is 9.59 Å². The average molecular weight is 300 g/mol. The normalized spacial score (nSPS) is 20.1. The molecule has 3 rings (SSSR count). The number of aromatic nitrogens is 1. The molecule has 0 saturated carbocycles. The van der Waals surface area contributed by atoms with Crippen molar-refractivity contribution in [2.45, 2.75) is 32.4 Å². The summed E-state index contributed by atoms with van der Waals surface area (Å²) in [7, 11) is 0. The van der Waals surface area contributed by atoms with Gasteiger partial charge < -0.3 is 14.6 Å². The highest BCUT2D eigenvalue weighted by Gasteiger charge is 2.45. The van der Waals surface area contributed by atoms with Crippen LogP contribution in [-0.4, -0.2) is 28.6 Å². The van der Waals surface area contributed by atoms with Gasteiger partial charge in [0.15, 0.2) is 0 Å². The number of carbonyl (C=O) groups excluding carboxylic acids is 2. The summed E-state index contributed by atoms with van der Waals surface area (Å²) in [5.41, 5.74) is 0.429. The SMILES string of the molecule is CC1(C)OC(=O)C[C@H]1C(=O)NCCn1ccc2ccccc21. The van der Waals surface area contributed by atoms with Crippen LogP contribution in [0.2, 0.25) is 0 Å². The number of nitrogens with zero attached hydrogens (tertiary/aromatic N) is 1. The van der Waals surface area contributed by atoms with Crippen molar-refractivity contribution in [3.05, 3.63) is 36.5 Å². The molecule has 0 unspecified atom stereocenters. The monoisotopic (exact) mass is 300 g/mol. The van der Waals surface area contributed by atoms with E-state index < -0.39 is 11.5 Å². The lowest BCUT2D eigenvalue weighted by molar-refractivity contribution is -0.147. The molecule has 2 aromatic rings. The van der Waals surface area contributed by atoms with Gasteiger partial charge in [0.1, 0.15) is 5.60 Å². The fraction of sp³-hybridized carbons (Fsp3) is 0.412. The van der Waals surface area contributed by atoms with E-state index in [0.29, 0.717) is 13.1 Å². The Hall–Kier alpha value is -2.30. The summed E-state index contributed by atoms with van der Waals surface area (Å²) < 4.78 is 7.30. The van der Waals surface area contributed by atoms with Crippen molar-refractivity contribution in [3.8, 4) is 0 Å². The fourth-order valence-electron chi connectivity index (χ4n) is 2.99. The van der Waals surface area contributed by atoms with Crippen LogP contribution in [0.1, 0.15) is 20.3 Å². The van der Waals surface area contributed by atoms with Crippen LogP contribution in [0.5, 0.6) is 0 Å². The lowest BCUT2D eigenvalue weighted by atomic mass is 9.90. The largest absolute Gasteiger partial charge is 0.459 e. The maximum atomic E-state index is 12.2. The van der Waals surface area contributed by atoms with Crippen molar-refractivity contribution in [2.75, 3.05) is 6.54 Å². The highest BCUT2D eigenvalue weighted by Crippen LogP contribution is 2.32. The van der Waals surface area contributed by atoms with Gasteiger partial charge in [-0.25, -0.2) is 0 Å². The van der Waals surface area contributed by atoms with Crippen LogP contribution >= 0.6 is 0 Å². The predicted molar refractivity (Wildman–Crippen MR) is 83.2 cm³/mol. The number of ether oxygens (including phenoxy) is 1. The molecule has 5 heteroatoms. The Morgan fingerprint density at radius 2 is 2.14 bits per heavy atom. The molecule has 5 nitrogen and oxygen atoms in total. The van der Waals surface area contributed by atoms with Gasteiger partial charge in [-0.3, -0.25) is 9.59 Å². The average Bonchev–Trinajstić information content (AvgIpc) is 2.99. The van der Waals surface area contributed by atoms with Crippen molar-refractivity contribution in [3.63, 3.8) is 0 Å². The lowest BCUT2D eigenvalue weighted by Crippen LogP contribution is -2.41. The summed E-state index contributed by atoms with van der Waals surface area (Å²) in [6.45, 7) is 4.78. The van der Waals surface area contributed by atoms with E-state index in [-0.39, 0.29) is 18.3 Å². The number of fused-ring (bicyclic) bond motifs is 1. The van der Waals surface area contributed by atoms with Gasteiger partial charge in [0.25, 0.3) is 0 Å². The summed E-state index contributed by atoms with van der Waals surface area (Å²) in [4.78, 5) is 23.6. The van der Waals surface area contributed by atoms with Gasteiger partial charge in [0, 0.05) is 24.8 Å². The number of nitrogens with one attached hydrogen (secondary N) is 1. The van der Waals surface area contributed by atoms with E-state index in [4.69, 9.17) is 4.74 Å². The Labute approximate surface area is 129 Å². The van der Waals surface area contributed by atoms with Gasteiger partial charge in [-0.15, -0.1) is 0 Å². The van der Waals surface area contributed by atoms with Gasteiger partial charge in [-0.2, -0.15) is 0 Å². The topological polar surface area (TPSA) is 60.3 Å². The number of rotatable bonds is 4. The molecule has 1 atom stereocenters. The van der Waals surface area contributed by atoms with Crippen LogP contribution in [0.15, 0.2) is 36.5 Å². The third kappa shape index (κ3) is 2.71. The second-order valence-electron chi connectivity index (χ2n) is 6.19. The first-order valence-corrected chi connectivity index (χ1v) is 7.51.